The van der Waals surface area contributed by atoms with Gasteiger partial charge in [0.15, 0.2) is 0 Å². The van der Waals surface area contributed by atoms with E-state index in [2.05, 4.69) is 5.32 Å². The number of likely N-dealkylation sites (tertiary alicyclic amines) is 1. The van der Waals surface area contributed by atoms with Crippen LogP contribution in [0, 0.1) is 5.92 Å². The van der Waals surface area contributed by atoms with Crippen LogP contribution in [0.25, 0.3) is 0 Å². The second-order valence-corrected chi connectivity index (χ2v) is 6.88. The molecular formula is C15H26N2O5. The van der Waals surface area contributed by atoms with Crippen LogP contribution < -0.4 is 5.32 Å². The zero-order valence-electron chi connectivity index (χ0n) is 13.7. The Morgan fingerprint density at radius 3 is 2.64 bits per heavy atom. The number of ether oxygens (including phenoxy) is 1. The minimum Gasteiger partial charge on any atom is -0.481 e. The van der Waals surface area contributed by atoms with E-state index in [0.29, 0.717) is 18.9 Å². The predicted octanol–water partition coefficient (Wildman–Crippen LogP) is 1.61. The zero-order chi connectivity index (χ0) is 16.9. The van der Waals surface area contributed by atoms with Crippen LogP contribution >= 0.6 is 0 Å². The van der Waals surface area contributed by atoms with Crippen LogP contribution in [0.15, 0.2) is 0 Å². The van der Waals surface area contributed by atoms with Gasteiger partial charge < -0.3 is 20.1 Å². The summed E-state index contributed by atoms with van der Waals surface area (Å²) in [6.07, 6.45) is 0.389. The van der Waals surface area contributed by atoms with Gasteiger partial charge in [0, 0.05) is 19.5 Å². The van der Waals surface area contributed by atoms with Crippen LogP contribution in [0.3, 0.4) is 0 Å². The summed E-state index contributed by atoms with van der Waals surface area (Å²) in [4.78, 5) is 36.3. The quantitative estimate of drug-likeness (QED) is 0.804. The van der Waals surface area contributed by atoms with E-state index in [1.807, 2.05) is 6.92 Å². The molecule has 126 valence electrons. The van der Waals surface area contributed by atoms with E-state index in [9.17, 15) is 14.4 Å². The van der Waals surface area contributed by atoms with Crippen molar-refractivity contribution in [2.75, 3.05) is 13.1 Å². The fourth-order valence-corrected chi connectivity index (χ4v) is 2.39. The number of aliphatic carboxylic acids is 1. The van der Waals surface area contributed by atoms with Crippen LogP contribution in [0.4, 0.5) is 4.79 Å². The third kappa shape index (κ3) is 6.78. The fraction of sp³-hybridized carbons (Fsp3) is 0.800. The van der Waals surface area contributed by atoms with Crippen molar-refractivity contribution in [2.45, 2.75) is 58.6 Å². The van der Waals surface area contributed by atoms with E-state index in [-0.39, 0.29) is 18.9 Å². The van der Waals surface area contributed by atoms with Crippen molar-refractivity contribution in [3.63, 3.8) is 0 Å². The van der Waals surface area contributed by atoms with E-state index in [4.69, 9.17) is 9.84 Å². The first-order chi connectivity index (χ1) is 10.1. The van der Waals surface area contributed by atoms with E-state index < -0.39 is 23.7 Å². The molecule has 1 fully saturated rings. The number of carboxylic acid groups (broad SMARTS) is 1. The number of carbonyl (C=O) groups is 3. The number of amides is 2. The third-order valence-electron chi connectivity index (χ3n) is 3.32. The SMILES string of the molecule is C[C@@H]1CCC(=O)N(C[C@H](CC(=O)O)NC(=O)OC(C)(C)C)C1. The molecule has 1 rings (SSSR count). The van der Waals surface area contributed by atoms with Gasteiger partial charge in [-0.15, -0.1) is 0 Å². The van der Waals surface area contributed by atoms with Gasteiger partial charge in [-0.25, -0.2) is 4.79 Å². The van der Waals surface area contributed by atoms with Crippen molar-refractivity contribution >= 4 is 18.0 Å². The van der Waals surface area contributed by atoms with Gasteiger partial charge in [0.25, 0.3) is 0 Å². The average Bonchev–Trinajstić information content (AvgIpc) is 2.30. The lowest BCUT2D eigenvalue weighted by Crippen LogP contribution is -2.50. The molecule has 0 aromatic rings. The molecule has 0 unspecified atom stereocenters. The lowest BCUT2D eigenvalue weighted by atomic mass is 9.99. The smallest absolute Gasteiger partial charge is 0.407 e. The number of rotatable bonds is 5. The van der Waals surface area contributed by atoms with Gasteiger partial charge >= 0.3 is 12.1 Å². The Morgan fingerprint density at radius 1 is 1.45 bits per heavy atom. The number of hydrogen-bond acceptors (Lipinski definition) is 4. The minimum atomic E-state index is -1.03. The molecule has 0 spiro atoms. The molecule has 1 heterocycles. The first-order valence-electron chi connectivity index (χ1n) is 7.56. The van der Waals surface area contributed by atoms with Gasteiger partial charge in [-0.05, 0) is 33.1 Å². The molecule has 1 aliphatic heterocycles. The molecule has 22 heavy (non-hydrogen) atoms. The number of nitrogens with one attached hydrogen (secondary N) is 1. The van der Waals surface area contributed by atoms with E-state index in [1.54, 1.807) is 25.7 Å². The lowest BCUT2D eigenvalue weighted by molar-refractivity contribution is -0.139. The summed E-state index contributed by atoms with van der Waals surface area (Å²) in [5.41, 5.74) is -0.659. The maximum absolute atomic E-state index is 11.9. The molecule has 7 nitrogen and oxygen atoms in total. The summed E-state index contributed by atoms with van der Waals surface area (Å²) < 4.78 is 5.14. The summed E-state index contributed by atoms with van der Waals surface area (Å²) in [6.45, 7) is 8.02. The minimum absolute atomic E-state index is 0.000484. The maximum atomic E-state index is 11.9. The predicted molar refractivity (Wildman–Crippen MR) is 80.4 cm³/mol. The zero-order valence-corrected chi connectivity index (χ0v) is 13.7. The normalized spacial score (nSPS) is 20.5. The average molecular weight is 314 g/mol. The van der Waals surface area contributed by atoms with Gasteiger partial charge in [0.05, 0.1) is 12.5 Å². The Labute approximate surface area is 131 Å². The highest BCUT2D eigenvalue weighted by molar-refractivity contribution is 5.77. The van der Waals surface area contributed by atoms with Crippen molar-refractivity contribution in [2.24, 2.45) is 5.92 Å². The monoisotopic (exact) mass is 314 g/mol. The number of piperidine rings is 1. The molecule has 0 bridgehead atoms. The second kappa shape index (κ2) is 7.47. The maximum Gasteiger partial charge on any atom is 0.407 e. The van der Waals surface area contributed by atoms with Gasteiger partial charge in [-0.1, -0.05) is 6.92 Å². The molecule has 2 atom stereocenters. The lowest BCUT2D eigenvalue weighted by Gasteiger charge is -2.33. The van der Waals surface area contributed by atoms with E-state index in [0.717, 1.165) is 6.42 Å². The van der Waals surface area contributed by atoms with Crippen LogP contribution in [0.1, 0.15) is 47.0 Å². The van der Waals surface area contributed by atoms with E-state index >= 15 is 0 Å². The number of carbonyl (C=O) groups excluding carboxylic acids is 2. The highest BCUT2D eigenvalue weighted by Crippen LogP contribution is 2.17. The van der Waals surface area contributed by atoms with E-state index in [1.165, 1.54) is 0 Å². The second-order valence-electron chi connectivity index (χ2n) is 6.88. The molecule has 2 amide bonds. The van der Waals surface area contributed by atoms with Gasteiger partial charge in [0.1, 0.15) is 5.60 Å². The summed E-state index contributed by atoms with van der Waals surface area (Å²) in [7, 11) is 0. The summed E-state index contributed by atoms with van der Waals surface area (Å²) in [6, 6.07) is -0.665. The topological polar surface area (TPSA) is 95.9 Å². The molecule has 0 radical (unpaired) electrons. The Bertz CT molecular complexity index is 430. The molecule has 2 N–H and O–H groups in total. The number of alkyl carbamates (subject to hydrolysis) is 1. The third-order valence-corrected chi connectivity index (χ3v) is 3.32. The standard InChI is InChI=1S/C15H26N2O5/c1-10-5-6-12(18)17(8-10)9-11(7-13(19)20)16-14(21)22-15(2,3)4/h10-11H,5-9H2,1-4H3,(H,16,21)(H,19,20)/t10-,11+/m1/s1. The van der Waals surface area contributed by atoms with Crippen molar-refractivity contribution in [3.8, 4) is 0 Å². The van der Waals surface area contributed by atoms with Gasteiger partial charge in [0.2, 0.25) is 5.91 Å². The molecular weight excluding hydrogens is 288 g/mol. The molecule has 0 aromatic carbocycles. The van der Waals surface area contributed by atoms with Crippen LogP contribution in [-0.2, 0) is 14.3 Å². The Hall–Kier alpha value is -1.79. The highest BCUT2D eigenvalue weighted by atomic mass is 16.6. The number of carboxylic acids is 1. The molecule has 0 aliphatic carbocycles. The number of hydrogen-bond donors (Lipinski definition) is 2. The first-order valence-corrected chi connectivity index (χ1v) is 7.56. The summed E-state index contributed by atoms with van der Waals surface area (Å²) in [5.74, 6) is -0.650. The number of nitrogens with zero attached hydrogens (tertiary/aromatic N) is 1. The van der Waals surface area contributed by atoms with Crippen molar-refractivity contribution in [3.05, 3.63) is 0 Å². The van der Waals surface area contributed by atoms with Crippen LogP contribution in [0.5, 0.6) is 0 Å². The molecule has 0 aromatic heterocycles. The molecule has 7 heteroatoms. The van der Waals surface area contributed by atoms with Gasteiger partial charge in [-0.3, -0.25) is 9.59 Å². The Kier molecular flexibility index (Phi) is 6.20. The largest absolute Gasteiger partial charge is 0.481 e. The Morgan fingerprint density at radius 2 is 2.09 bits per heavy atom. The molecule has 0 saturated carbocycles. The summed E-state index contributed by atoms with van der Waals surface area (Å²) >= 11 is 0. The fourth-order valence-electron chi connectivity index (χ4n) is 2.39. The van der Waals surface area contributed by atoms with Crippen molar-refractivity contribution < 1.29 is 24.2 Å². The summed E-state index contributed by atoms with van der Waals surface area (Å²) in [5, 5.41) is 11.5. The van der Waals surface area contributed by atoms with Gasteiger partial charge in [-0.2, -0.15) is 0 Å². The Balaban J connectivity index is 2.65. The first kappa shape index (κ1) is 18.3. The van der Waals surface area contributed by atoms with Crippen LogP contribution in [-0.4, -0.2) is 52.7 Å². The van der Waals surface area contributed by atoms with Crippen molar-refractivity contribution in [1.82, 2.24) is 10.2 Å². The molecule has 1 saturated heterocycles. The van der Waals surface area contributed by atoms with Crippen LogP contribution in [0.2, 0.25) is 0 Å². The molecule has 1 aliphatic rings. The van der Waals surface area contributed by atoms with Crippen molar-refractivity contribution in [1.29, 1.82) is 0 Å². The highest BCUT2D eigenvalue weighted by Gasteiger charge is 2.28.